The monoisotopic (exact) mass is 342 g/mol. The largest absolute Gasteiger partial charge is 0.496 e. The number of hydrogen-bond acceptors (Lipinski definition) is 5. The molecule has 1 fully saturated rings. The minimum atomic E-state index is -3.58. The Balaban J connectivity index is 2.19. The van der Waals surface area contributed by atoms with E-state index in [0.29, 0.717) is 13.2 Å². The number of rotatable bonds is 7. The summed E-state index contributed by atoms with van der Waals surface area (Å²) in [6.07, 6.45) is 1.91. The summed E-state index contributed by atoms with van der Waals surface area (Å²) >= 11 is 0. The molecule has 0 bridgehead atoms. The van der Waals surface area contributed by atoms with Crippen LogP contribution < -0.4 is 14.8 Å². The molecule has 7 heteroatoms. The second-order valence-electron chi connectivity index (χ2n) is 6.16. The van der Waals surface area contributed by atoms with Gasteiger partial charge in [-0.3, -0.25) is 0 Å². The van der Waals surface area contributed by atoms with Crippen molar-refractivity contribution in [2.75, 3.05) is 33.9 Å². The number of methoxy groups -OCH3 is 2. The summed E-state index contributed by atoms with van der Waals surface area (Å²) in [6, 6.07) is 3.28. The molecule has 2 rings (SSSR count). The second kappa shape index (κ2) is 7.17. The van der Waals surface area contributed by atoms with E-state index in [1.165, 1.54) is 0 Å². The summed E-state index contributed by atoms with van der Waals surface area (Å²) in [6.45, 7) is 5.36. The Labute approximate surface area is 138 Å². The highest BCUT2D eigenvalue weighted by atomic mass is 32.2. The summed E-state index contributed by atoms with van der Waals surface area (Å²) in [4.78, 5) is 0.263. The summed E-state index contributed by atoms with van der Waals surface area (Å²) in [7, 11) is -0.359. The van der Waals surface area contributed by atoms with E-state index in [2.05, 4.69) is 10.0 Å². The fraction of sp³-hybridized carbons (Fsp3) is 0.625. The molecule has 0 saturated carbocycles. The Morgan fingerprint density at radius 3 is 2.39 bits per heavy atom. The summed E-state index contributed by atoms with van der Waals surface area (Å²) in [5.74, 6) is 0.720. The van der Waals surface area contributed by atoms with Crippen LogP contribution in [0.5, 0.6) is 5.75 Å². The lowest BCUT2D eigenvalue weighted by Crippen LogP contribution is -2.52. The molecule has 1 atom stereocenters. The van der Waals surface area contributed by atoms with Crippen LogP contribution in [-0.4, -0.2) is 47.9 Å². The molecule has 1 unspecified atom stereocenters. The van der Waals surface area contributed by atoms with Gasteiger partial charge in [0.2, 0.25) is 10.0 Å². The van der Waals surface area contributed by atoms with Crippen LogP contribution in [0.15, 0.2) is 17.0 Å². The van der Waals surface area contributed by atoms with Gasteiger partial charge in [0.15, 0.2) is 0 Å². The lowest BCUT2D eigenvalue weighted by molar-refractivity contribution is 0.122. The molecule has 6 nitrogen and oxygen atoms in total. The van der Waals surface area contributed by atoms with Gasteiger partial charge < -0.3 is 14.8 Å². The van der Waals surface area contributed by atoms with Crippen molar-refractivity contribution in [2.45, 2.75) is 37.1 Å². The maximum Gasteiger partial charge on any atom is 0.240 e. The molecule has 1 aromatic carbocycles. The Bertz CT molecular complexity index is 629. The van der Waals surface area contributed by atoms with E-state index in [0.717, 1.165) is 36.3 Å². The molecule has 1 aliphatic heterocycles. The van der Waals surface area contributed by atoms with Gasteiger partial charge in [0.05, 0.1) is 24.2 Å². The second-order valence-corrected chi connectivity index (χ2v) is 7.93. The van der Waals surface area contributed by atoms with Gasteiger partial charge in [-0.2, -0.15) is 0 Å². The SMILES string of the molecule is COCC1(CNS(=O)(=O)c2cc(C)c(OC)c(C)c2)CCCN1. The van der Waals surface area contributed by atoms with Crippen LogP contribution in [0.4, 0.5) is 0 Å². The molecular formula is C16H26N2O4S. The molecule has 0 radical (unpaired) electrons. The normalized spacial score (nSPS) is 21.6. The fourth-order valence-electron chi connectivity index (χ4n) is 3.17. The average molecular weight is 342 g/mol. The van der Waals surface area contributed by atoms with Crippen LogP contribution in [0.2, 0.25) is 0 Å². The lowest BCUT2D eigenvalue weighted by atomic mass is 9.99. The standard InChI is InChI=1S/C16H26N2O4S/c1-12-8-14(9-13(2)15(12)22-4)23(19,20)18-10-16(11-21-3)6-5-7-17-16/h8-9,17-18H,5-7,10-11H2,1-4H3. The van der Waals surface area contributed by atoms with E-state index in [9.17, 15) is 8.42 Å². The van der Waals surface area contributed by atoms with Gasteiger partial charge in [-0.15, -0.1) is 0 Å². The van der Waals surface area contributed by atoms with Crippen LogP contribution in [0.1, 0.15) is 24.0 Å². The van der Waals surface area contributed by atoms with Crippen LogP contribution in [-0.2, 0) is 14.8 Å². The predicted octanol–water partition coefficient (Wildman–Crippen LogP) is 1.36. The zero-order chi connectivity index (χ0) is 17.1. The van der Waals surface area contributed by atoms with Crippen LogP contribution >= 0.6 is 0 Å². The highest BCUT2D eigenvalue weighted by molar-refractivity contribution is 7.89. The van der Waals surface area contributed by atoms with Gasteiger partial charge in [-0.25, -0.2) is 13.1 Å². The van der Waals surface area contributed by atoms with Crippen LogP contribution in [0.3, 0.4) is 0 Å². The lowest BCUT2D eigenvalue weighted by Gasteiger charge is -2.29. The molecule has 1 saturated heterocycles. The molecule has 1 aliphatic rings. The number of ether oxygens (including phenoxy) is 2. The predicted molar refractivity (Wildman–Crippen MR) is 89.5 cm³/mol. The van der Waals surface area contributed by atoms with E-state index in [4.69, 9.17) is 9.47 Å². The molecule has 1 aromatic rings. The van der Waals surface area contributed by atoms with Gasteiger partial charge in [-0.05, 0) is 56.5 Å². The van der Waals surface area contributed by atoms with Gasteiger partial charge in [-0.1, -0.05) is 0 Å². The first kappa shape index (κ1) is 18.2. The fourth-order valence-corrected chi connectivity index (χ4v) is 4.47. The van der Waals surface area contributed by atoms with Crippen LogP contribution in [0.25, 0.3) is 0 Å². The molecule has 2 N–H and O–H groups in total. The topological polar surface area (TPSA) is 76.7 Å². The number of nitrogens with one attached hydrogen (secondary N) is 2. The van der Waals surface area contributed by atoms with Crippen molar-refractivity contribution in [1.82, 2.24) is 10.0 Å². The summed E-state index contributed by atoms with van der Waals surface area (Å²) in [5.41, 5.74) is 1.29. The molecule has 0 amide bonds. The van der Waals surface area contributed by atoms with Crippen molar-refractivity contribution in [3.8, 4) is 5.75 Å². The third-order valence-corrected chi connectivity index (χ3v) is 5.68. The average Bonchev–Trinajstić information content (AvgIpc) is 2.94. The highest BCUT2D eigenvalue weighted by Crippen LogP contribution is 2.27. The molecule has 0 aromatic heterocycles. The number of aryl methyl sites for hydroxylation is 2. The zero-order valence-electron chi connectivity index (χ0n) is 14.2. The molecule has 130 valence electrons. The van der Waals surface area contributed by atoms with Crippen LogP contribution in [0, 0.1) is 13.8 Å². The molecule has 1 heterocycles. The smallest absolute Gasteiger partial charge is 0.240 e. The molecule has 23 heavy (non-hydrogen) atoms. The van der Waals surface area contributed by atoms with Crippen molar-refractivity contribution in [3.05, 3.63) is 23.3 Å². The van der Waals surface area contributed by atoms with Crippen molar-refractivity contribution in [3.63, 3.8) is 0 Å². The first-order valence-electron chi connectivity index (χ1n) is 7.72. The Hall–Kier alpha value is -1.15. The van der Waals surface area contributed by atoms with Crippen molar-refractivity contribution >= 4 is 10.0 Å². The van der Waals surface area contributed by atoms with Crippen molar-refractivity contribution in [2.24, 2.45) is 0 Å². The molecule has 0 aliphatic carbocycles. The number of hydrogen-bond donors (Lipinski definition) is 2. The van der Waals surface area contributed by atoms with Gasteiger partial charge in [0, 0.05) is 13.7 Å². The maximum atomic E-state index is 12.6. The zero-order valence-corrected chi connectivity index (χ0v) is 15.0. The third-order valence-electron chi connectivity index (χ3n) is 4.30. The van der Waals surface area contributed by atoms with Crippen molar-refractivity contribution < 1.29 is 17.9 Å². The highest BCUT2D eigenvalue weighted by Gasteiger charge is 2.34. The van der Waals surface area contributed by atoms with Crippen molar-refractivity contribution in [1.29, 1.82) is 0 Å². The van der Waals surface area contributed by atoms with E-state index < -0.39 is 10.0 Å². The summed E-state index contributed by atoms with van der Waals surface area (Å²) in [5, 5.41) is 3.36. The number of sulfonamides is 1. The minimum absolute atomic E-state index is 0.263. The Kier molecular flexibility index (Phi) is 5.67. The van der Waals surface area contributed by atoms with Gasteiger partial charge >= 0.3 is 0 Å². The van der Waals surface area contributed by atoms with E-state index in [1.807, 2.05) is 13.8 Å². The third kappa shape index (κ3) is 4.03. The molecular weight excluding hydrogens is 316 g/mol. The maximum absolute atomic E-state index is 12.6. The minimum Gasteiger partial charge on any atom is -0.496 e. The summed E-state index contributed by atoms with van der Waals surface area (Å²) < 4.78 is 38.5. The van der Waals surface area contributed by atoms with E-state index >= 15 is 0 Å². The first-order chi connectivity index (χ1) is 10.8. The van der Waals surface area contributed by atoms with Gasteiger partial charge in [0.25, 0.3) is 0 Å². The Morgan fingerprint density at radius 1 is 1.26 bits per heavy atom. The van der Waals surface area contributed by atoms with E-state index in [1.54, 1.807) is 26.4 Å². The number of benzene rings is 1. The quantitative estimate of drug-likeness (QED) is 0.782. The first-order valence-corrected chi connectivity index (χ1v) is 9.21. The molecule has 0 spiro atoms. The Morgan fingerprint density at radius 2 is 1.91 bits per heavy atom. The van der Waals surface area contributed by atoms with Gasteiger partial charge in [0.1, 0.15) is 5.75 Å². The van der Waals surface area contributed by atoms with E-state index in [-0.39, 0.29) is 10.4 Å².